The van der Waals surface area contributed by atoms with Gasteiger partial charge >= 0.3 is 0 Å². The summed E-state index contributed by atoms with van der Waals surface area (Å²) in [6, 6.07) is 44.8. The monoisotopic (exact) mass is 642 g/mol. The van der Waals surface area contributed by atoms with Crippen LogP contribution in [0.1, 0.15) is 65.6 Å². The van der Waals surface area contributed by atoms with Crippen molar-refractivity contribution >= 4 is 23.1 Å². The van der Waals surface area contributed by atoms with Gasteiger partial charge in [-0.2, -0.15) is 0 Å². The number of hydrogen-bond donors (Lipinski definition) is 3. The number of rotatable bonds is 11. The quantitative estimate of drug-likeness (QED) is 0.0444. The smallest absolute Gasteiger partial charge is 0.152 e. The zero-order valence-electron chi connectivity index (χ0n) is 26.9. The Kier molecular flexibility index (Phi) is 10.2. The molecule has 0 spiro atoms. The van der Waals surface area contributed by atoms with Crippen molar-refractivity contribution in [2.45, 2.75) is 44.3 Å². The van der Waals surface area contributed by atoms with E-state index in [2.05, 4.69) is 53.5 Å². The van der Waals surface area contributed by atoms with E-state index >= 15 is 0 Å². The van der Waals surface area contributed by atoms with E-state index in [4.69, 9.17) is 28.3 Å². The van der Waals surface area contributed by atoms with E-state index in [1.165, 1.54) is 43.0 Å². The van der Waals surface area contributed by atoms with Crippen LogP contribution in [0.3, 0.4) is 0 Å². The summed E-state index contributed by atoms with van der Waals surface area (Å²) in [5.74, 6) is 7.33. The highest BCUT2D eigenvalue weighted by atomic mass is 35.5. The third kappa shape index (κ3) is 7.20. The van der Waals surface area contributed by atoms with E-state index in [0.717, 1.165) is 40.0 Å². The van der Waals surface area contributed by atoms with Crippen molar-refractivity contribution in [2.75, 3.05) is 18.4 Å². The lowest BCUT2D eigenvalue weighted by Gasteiger charge is -2.41. The first-order valence-electron chi connectivity index (χ1n) is 16.4. The predicted octanol–water partition coefficient (Wildman–Crippen LogP) is 8.29. The lowest BCUT2D eigenvalue weighted by Crippen LogP contribution is -2.50. The van der Waals surface area contributed by atoms with Gasteiger partial charge in [0.2, 0.25) is 0 Å². The molecule has 0 radical (unpaired) electrons. The van der Waals surface area contributed by atoms with E-state index in [1.54, 1.807) is 0 Å². The number of nitrogens with zero attached hydrogens (tertiary/aromatic N) is 3. The maximum absolute atomic E-state index is 7.03. The minimum Gasteiger partial charge on any atom is -0.382 e. The van der Waals surface area contributed by atoms with Crippen LogP contribution in [0.2, 0.25) is 5.02 Å². The van der Waals surface area contributed by atoms with Crippen LogP contribution in [-0.2, 0) is 12.1 Å². The molecule has 240 valence electrons. The molecule has 1 saturated heterocycles. The zero-order chi connectivity index (χ0) is 32.6. The summed E-state index contributed by atoms with van der Waals surface area (Å²) >= 11 is 6.92. The zero-order valence-corrected chi connectivity index (χ0v) is 27.7. The largest absolute Gasteiger partial charge is 0.382 e. The highest BCUT2D eigenvalue weighted by Gasteiger charge is 2.43. The summed E-state index contributed by atoms with van der Waals surface area (Å²) in [5.41, 5.74) is 12.6. The van der Waals surface area contributed by atoms with Crippen LogP contribution in [0, 0.1) is 0 Å². The van der Waals surface area contributed by atoms with Crippen molar-refractivity contribution in [1.82, 2.24) is 10.0 Å². The maximum atomic E-state index is 7.03. The van der Waals surface area contributed by atoms with Crippen LogP contribution in [0.5, 0.6) is 0 Å². The van der Waals surface area contributed by atoms with E-state index < -0.39 is 5.54 Å². The van der Waals surface area contributed by atoms with Gasteiger partial charge in [0, 0.05) is 34.4 Å². The van der Waals surface area contributed by atoms with Crippen LogP contribution < -0.4 is 16.9 Å². The molecule has 0 amide bonds. The molecule has 1 aliphatic heterocycles. The third-order valence-corrected chi connectivity index (χ3v) is 9.38. The van der Waals surface area contributed by atoms with E-state index in [1.807, 2.05) is 97.1 Å². The van der Waals surface area contributed by atoms with Crippen molar-refractivity contribution in [3.8, 4) is 0 Å². The molecule has 6 rings (SSSR count). The Morgan fingerprint density at radius 1 is 0.809 bits per heavy atom. The SMILES string of the molecule is CC(Nc1cccc(CN2CCCCC2)c1)c1cccc(/C(N)=N/N(N)C(c2ccccc2)(c2ccccc2)c2ccccc2Cl)c1. The van der Waals surface area contributed by atoms with Gasteiger partial charge in [-0.1, -0.05) is 127 Å². The molecular weight excluding hydrogens is 600 g/mol. The molecule has 5 aromatic rings. The molecule has 1 aliphatic rings. The first-order valence-corrected chi connectivity index (χ1v) is 16.8. The van der Waals surface area contributed by atoms with Gasteiger partial charge in [0.1, 0.15) is 0 Å². The average Bonchev–Trinajstić information content (AvgIpc) is 3.11. The summed E-state index contributed by atoms with van der Waals surface area (Å²) in [7, 11) is 0. The van der Waals surface area contributed by atoms with E-state index in [-0.39, 0.29) is 6.04 Å². The normalized spacial score (nSPS) is 14.8. The van der Waals surface area contributed by atoms with Gasteiger partial charge in [0.15, 0.2) is 11.4 Å². The van der Waals surface area contributed by atoms with Crippen LogP contribution in [0.4, 0.5) is 5.69 Å². The first-order chi connectivity index (χ1) is 22.9. The van der Waals surface area contributed by atoms with Gasteiger partial charge in [-0.3, -0.25) is 4.90 Å². The molecule has 0 aromatic heterocycles. The molecule has 7 heteroatoms. The number of hydrazine groups is 1. The molecule has 47 heavy (non-hydrogen) atoms. The fourth-order valence-corrected chi connectivity index (χ4v) is 6.94. The number of hydrazone groups is 1. The van der Waals surface area contributed by atoms with Crippen LogP contribution in [-0.4, -0.2) is 28.9 Å². The number of likely N-dealkylation sites (tertiary alicyclic amines) is 1. The summed E-state index contributed by atoms with van der Waals surface area (Å²) in [6.45, 7) is 5.51. The number of hydrogen-bond acceptors (Lipinski definition) is 5. The maximum Gasteiger partial charge on any atom is 0.152 e. The number of piperidine rings is 1. The molecular formula is C40H43ClN6. The minimum absolute atomic E-state index is 0.0396. The summed E-state index contributed by atoms with van der Waals surface area (Å²) in [5, 5.41) is 10.6. The number of nitrogens with two attached hydrogens (primary N) is 2. The van der Waals surface area contributed by atoms with Gasteiger partial charge < -0.3 is 11.1 Å². The molecule has 1 unspecified atom stereocenters. The molecule has 1 atom stereocenters. The molecule has 5 N–H and O–H groups in total. The average molecular weight is 643 g/mol. The Morgan fingerprint density at radius 3 is 2.13 bits per heavy atom. The van der Waals surface area contributed by atoms with Gasteiger partial charge in [-0.05, 0) is 79.4 Å². The fourth-order valence-electron chi connectivity index (χ4n) is 6.66. The summed E-state index contributed by atoms with van der Waals surface area (Å²) < 4.78 is 0. The second kappa shape index (κ2) is 14.9. The standard InChI is InChI=1S/C40H43ClN6/c1-30(44-36-22-13-15-31(27-36)29-46-25-11-4-12-26-46)32-16-14-17-33(28-32)39(42)45-47(43)40(34-18-5-2-6-19-34,35-20-7-3-8-21-35)37-23-9-10-24-38(37)41/h2-3,5-10,13-24,27-28,30,44H,4,11-12,25-26,29,43H2,1H3,(H2,42,45). The number of benzene rings is 5. The van der Waals surface area contributed by atoms with Crippen molar-refractivity contribution in [2.24, 2.45) is 16.7 Å². The highest BCUT2D eigenvalue weighted by Crippen LogP contribution is 2.44. The second-order valence-electron chi connectivity index (χ2n) is 12.3. The van der Waals surface area contributed by atoms with Gasteiger partial charge in [0.05, 0.1) is 0 Å². The highest BCUT2D eigenvalue weighted by molar-refractivity contribution is 6.31. The predicted molar refractivity (Wildman–Crippen MR) is 195 cm³/mol. The van der Waals surface area contributed by atoms with Crippen molar-refractivity contribution in [3.63, 3.8) is 0 Å². The Labute approximate surface area is 283 Å². The van der Waals surface area contributed by atoms with Crippen molar-refractivity contribution in [1.29, 1.82) is 0 Å². The molecule has 6 nitrogen and oxygen atoms in total. The van der Waals surface area contributed by atoms with E-state index in [0.29, 0.717) is 10.9 Å². The number of anilines is 1. The van der Waals surface area contributed by atoms with Crippen molar-refractivity contribution in [3.05, 3.63) is 172 Å². The molecule has 0 aliphatic carbocycles. The Morgan fingerprint density at radius 2 is 1.45 bits per heavy atom. The fraction of sp³-hybridized carbons (Fsp3) is 0.225. The summed E-state index contributed by atoms with van der Waals surface area (Å²) in [4.78, 5) is 2.55. The minimum atomic E-state index is -1.06. The van der Waals surface area contributed by atoms with E-state index in [9.17, 15) is 0 Å². The molecule has 1 heterocycles. The number of nitrogens with one attached hydrogen (secondary N) is 1. The van der Waals surface area contributed by atoms with Crippen molar-refractivity contribution < 1.29 is 0 Å². The Hall–Kier alpha value is -4.62. The molecule has 1 fully saturated rings. The lowest BCUT2D eigenvalue weighted by molar-refractivity contribution is 0.167. The number of halogens is 1. The Balaban J connectivity index is 1.30. The van der Waals surface area contributed by atoms with Gasteiger partial charge in [0.25, 0.3) is 0 Å². The van der Waals surface area contributed by atoms with Gasteiger partial charge in [-0.15, -0.1) is 5.10 Å². The van der Waals surface area contributed by atoms with Crippen LogP contribution >= 0.6 is 11.6 Å². The topological polar surface area (TPSA) is 82.9 Å². The van der Waals surface area contributed by atoms with Gasteiger partial charge in [-0.25, -0.2) is 11.0 Å². The summed E-state index contributed by atoms with van der Waals surface area (Å²) in [6.07, 6.45) is 3.92. The van der Waals surface area contributed by atoms with Crippen LogP contribution in [0.25, 0.3) is 0 Å². The Bertz CT molecular complexity index is 1750. The molecule has 0 bridgehead atoms. The van der Waals surface area contributed by atoms with Crippen LogP contribution in [0.15, 0.2) is 139 Å². The number of amidine groups is 1. The molecule has 0 saturated carbocycles. The first kappa shape index (κ1) is 32.3. The molecule has 5 aromatic carbocycles. The second-order valence-corrected chi connectivity index (χ2v) is 12.7. The lowest BCUT2D eigenvalue weighted by atomic mass is 9.77. The third-order valence-electron chi connectivity index (χ3n) is 9.05.